The fourth-order valence-electron chi connectivity index (χ4n) is 3.68. The van der Waals surface area contributed by atoms with E-state index in [9.17, 15) is 8.42 Å². The van der Waals surface area contributed by atoms with Gasteiger partial charge in [-0.05, 0) is 49.9 Å². The lowest BCUT2D eigenvalue weighted by Crippen LogP contribution is -2.37. The molecule has 7 heteroatoms. The van der Waals surface area contributed by atoms with Crippen LogP contribution in [-0.2, 0) is 21.1 Å². The second-order valence-electron chi connectivity index (χ2n) is 7.45. The molecule has 1 aliphatic heterocycles. The maximum absolute atomic E-state index is 11.7. The van der Waals surface area contributed by atoms with E-state index in [1.165, 1.54) is 31.6 Å². The van der Waals surface area contributed by atoms with E-state index >= 15 is 0 Å². The Bertz CT molecular complexity index is 925. The molecule has 1 N–H and O–H groups in total. The molecule has 4 rings (SSSR count). The van der Waals surface area contributed by atoms with E-state index in [1.807, 2.05) is 12.1 Å². The van der Waals surface area contributed by atoms with E-state index in [4.69, 9.17) is 9.47 Å². The van der Waals surface area contributed by atoms with Gasteiger partial charge >= 0.3 is 0 Å². The lowest BCUT2D eigenvalue weighted by atomic mass is 9.77. The Kier molecular flexibility index (Phi) is 4.92. The second-order valence-corrected chi connectivity index (χ2v) is 9.46. The van der Waals surface area contributed by atoms with Crippen molar-refractivity contribution in [1.29, 1.82) is 0 Å². The molecule has 27 heavy (non-hydrogen) atoms. The Morgan fingerprint density at radius 1 is 1.30 bits per heavy atom. The molecule has 1 unspecified atom stereocenters. The van der Waals surface area contributed by atoms with Crippen LogP contribution in [0, 0.1) is 0 Å². The van der Waals surface area contributed by atoms with E-state index in [-0.39, 0.29) is 10.5 Å². The maximum atomic E-state index is 11.7. The summed E-state index contributed by atoms with van der Waals surface area (Å²) in [5, 5.41) is 3.54. The third-order valence-corrected chi connectivity index (χ3v) is 6.46. The van der Waals surface area contributed by atoms with Crippen LogP contribution in [0.1, 0.15) is 31.2 Å². The number of aromatic nitrogens is 1. The fourth-order valence-corrected chi connectivity index (χ4v) is 4.34. The number of pyridine rings is 1. The van der Waals surface area contributed by atoms with Crippen LogP contribution in [-0.4, -0.2) is 37.9 Å². The van der Waals surface area contributed by atoms with Crippen LogP contribution in [0.15, 0.2) is 47.5 Å². The minimum atomic E-state index is -3.28. The van der Waals surface area contributed by atoms with Gasteiger partial charge in [-0.15, -0.1) is 0 Å². The van der Waals surface area contributed by atoms with Crippen molar-refractivity contribution in [3.8, 4) is 11.6 Å². The van der Waals surface area contributed by atoms with Crippen LogP contribution in [0.2, 0.25) is 0 Å². The highest BCUT2D eigenvalue weighted by Crippen LogP contribution is 2.43. The molecular formula is C20H24N2O4S. The van der Waals surface area contributed by atoms with Gasteiger partial charge < -0.3 is 14.8 Å². The number of sulfone groups is 1. The maximum Gasteiger partial charge on any atom is 0.223 e. The van der Waals surface area contributed by atoms with Gasteiger partial charge in [-0.25, -0.2) is 13.4 Å². The van der Waals surface area contributed by atoms with Crippen molar-refractivity contribution < 1.29 is 17.9 Å². The predicted molar refractivity (Wildman–Crippen MR) is 102 cm³/mol. The molecule has 2 aliphatic rings. The SMILES string of the molecule is CS(=O)(=O)c1cccc(Oc2ncccc2CNC2COC3(CCC3)C2)c1. The van der Waals surface area contributed by atoms with Crippen molar-refractivity contribution in [3.05, 3.63) is 48.2 Å². The number of ether oxygens (including phenoxy) is 2. The van der Waals surface area contributed by atoms with Gasteiger partial charge in [-0.1, -0.05) is 12.1 Å². The first-order valence-corrected chi connectivity index (χ1v) is 11.1. The van der Waals surface area contributed by atoms with Gasteiger partial charge in [0, 0.05) is 30.6 Å². The molecule has 1 spiro atoms. The van der Waals surface area contributed by atoms with Gasteiger partial charge in [0.05, 0.1) is 17.1 Å². The van der Waals surface area contributed by atoms with Gasteiger partial charge in [-0.2, -0.15) is 0 Å². The molecule has 0 radical (unpaired) electrons. The van der Waals surface area contributed by atoms with Gasteiger partial charge in [0.15, 0.2) is 9.84 Å². The minimum Gasteiger partial charge on any atom is -0.439 e. The Balaban J connectivity index is 1.44. The first-order chi connectivity index (χ1) is 12.9. The third-order valence-electron chi connectivity index (χ3n) is 5.35. The number of nitrogens with one attached hydrogen (secondary N) is 1. The molecule has 1 saturated heterocycles. The summed E-state index contributed by atoms with van der Waals surface area (Å²) in [4.78, 5) is 4.55. The van der Waals surface area contributed by atoms with Crippen LogP contribution in [0.4, 0.5) is 0 Å². The molecular weight excluding hydrogens is 364 g/mol. The molecule has 2 aromatic rings. The van der Waals surface area contributed by atoms with E-state index in [2.05, 4.69) is 10.3 Å². The molecule has 0 bridgehead atoms. The number of hydrogen-bond donors (Lipinski definition) is 1. The number of benzene rings is 1. The summed E-state index contributed by atoms with van der Waals surface area (Å²) < 4.78 is 35.4. The first-order valence-electron chi connectivity index (χ1n) is 9.23. The molecule has 6 nitrogen and oxygen atoms in total. The smallest absolute Gasteiger partial charge is 0.223 e. The molecule has 2 fully saturated rings. The molecule has 1 atom stereocenters. The van der Waals surface area contributed by atoms with Crippen LogP contribution in [0.5, 0.6) is 11.6 Å². The average molecular weight is 388 g/mol. The van der Waals surface area contributed by atoms with Gasteiger partial charge in [-0.3, -0.25) is 0 Å². The Morgan fingerprint density at radius 2 is 2.15 bits per heavy atom. The summed E-state index contributed by atoms with van der Waals surface area (Å²) in [6.45, 7) is 1.37. The summed E-state index contributed by atoms with van der Waals surface area (Å²) in [6, 6.07) is 10.6. The summed E-state index contributed by atoms with van der Waals surface area (Å²) in [7, 11) is -3.28. The molecule has 2 heterocycles. The monoisotopic (exact) mass is 388 g/mol. The highest BCUT2D eigenvalue weighted by molar-refractivity contribution is 7.90. The lowest BCUT2D eigenvalue weighted by Gasteiger charge is -2.37. The molecule has 0 amide bonds. The molecule has 1 saturated carbocycles. The van der Waals surface area contributed by atoms with E-state index in [0.717, 1.165) is 18.6 Å². The number of hydrogen-bond acceptors (Lipinski definition) is 6. The van der Waals surface area contributed by atoms with Gasteiger partial charge in [0.1, 0.15) is 5.75 Å². The third kappa shape index (κ3) is 4.15. The normalized spacial score (nSPS) is 21.1. The summed E-state index contributed by atoms with van der Waals surface area (Å²) in [5.74, 6) is 0.934. The molecule has 1 aliphatic carbocycles. The Labute approximate surface area is 159 Å². The zero-order valence-corrected chi connectivity index (χ0v) is 16.2. The van der Waals surface area contributed by atoms with Crippen molar-refractivity contribution in [3.63, 3.8) is 0 Å². The quantitative estimate of drug-likeness (QED) is 0.819. The van der Waals surface area contributed by atoms with Gasteiger partial charge in [0.25, 0.3) is 0 Å². The van der Waals surface area contributed by atoms with Crippen molar-refractivity contribution >= 4 is 9.84 Å². The van der Waals surface area contributed by atoms with Gasteiger partial charge in [0.2, 0.25) is 5.88 Å². The van der Waals surface area contributed by atoms with Crippen molar-refractivity contribution in [2.24, 2.45) is 0 Å². The zero-order valence-electron chi connectivity index (χ0n) is 15.3. The van der Waals surface area contributed by atoms with E-state index in [1.54, 1.807) is 24.4 Å². The molecule has 1 aromatic carbocycles. The second kappa shape index (κ2) is 7.22. The number of rotatable bonds is 6. The zero-order chi connectivity index (χ0) is 18.9. The van der Waals surface area contributed by atoms with E-state index < -0.39 is 9.84 Å². The average Bonchev–Trinajstić information content (AvgIpc) is 3.06. The predicted octanol–water partition coefficient (Wildman–Crippen LogP) is 3.08. The fraction of sp³-hybridized carbons (Fsp3) is 0.450. The van der Waals surface area contributed by atoms with Crippen LogP contribution in [0.25, 0.3) is 0 Å². The van der Waals surface area contributed by atoms with Crippen molar-refractivity contribution in [2.45, 2.75) is 48.8 Å². The lowest BCUT2D eigenvalue weighted by molar-refractivity contribution is -0.0563. The minimum absolute atomic E-state index is 0.123. The van der Waals surface area contributed by atoms with Crippen LogP contribution < -0.4 is 10.1 Å². The molecule has 144 valence electrons. The highest BCUT2D eigenvalue weighted by Gasteiger charge is 2.44. The first kappa shape index (κ1) is 18.4. The van der Waals surface area contributed by atoms with Crippen LogP contribution in [0.3, 0.4) is 0 Å². The largest absolute Gasteiger partial charge is 0.439 e. The molecule has 1 aromatic heterocycles. The topological polar surface area (TPSA) is 77.5 Å². The van der Waals surface area contributed by atoms with Crippen molar-refractivity contribution in [1.82, 2.24) is 10.3 Å². The Morgan fingerprint density at radius 3 is 2.85 bits per heavy atom. The highest BCUT2D eigenvalue weighted by atomic mass is 32.2. The Hall–Kier alpha value is -1.96. The summed E-state index contributed by atoms with van der Waals surface area (Å²) >= 11 is 0. The standard InChI is InChI=1S/C20H24N2O4S/c1-27(23,24)18-7-2-6-17(11-18)26-19-15(5-3-10-21-19)13-22-16-12-20(25-14-16)8-4-9-20/h2-3,5-7,10-11,16,22H,4,8-9,12-14H2,1H3. The summed E-state index contributed by atoms with van der Waals surface area (Å²) in [6.07, 6.45) is 7.51. The number of nitrogens with zero attached hydrogens (tertiary/aromatic N) is 1. The summed E-state index contributed by atoms with van der Waals surface area (Å²) in [5.41, 5.74) is 1.05. The van der Waals surface area contributed by atoms with Crippen molar-refractivity contribution in [2.75, 3.05) is 12.9 Å². The van der Waals surface area contributed by atoms with Crippen LogP contribution >= 0.6 is 0 Å². The van der Waals surface area contributed by atoms with E-state index in [0.29, 0.717) is 24.2 Å².